The molecule has 1 aromatic heterocycles. The van der Waals surface area contributed by atoms with Gasteiger partial charge in [0.25, 0.3) is 0 Å². The molecule has 18 heavy (non-hydrogen) atoms. The normalized spacial score (nSPS) is 12.9. The van der Waals surface area contributed by atoms with Crippen LogP contribution in [-0.2, 0) is 6.54 Å². The Bertz CT molecular complexity index is 338. The highest BCUT2D eigenvalue weighted by Crippen LogP contribution is 2.11. The zero-order chi connectivity index (χ0) is 13.4. The molecule has 0 aliphatic rings. The maximum atomic E-state index is 5.88. The van der Waals surface area contributed by atoms with E-state index in [9.17, 15) is 0 Å². The average Bonchev–Trinajstić information content (AvgIpc) is 2.34. The summed E-state index contributed by atoms with van der Waals surface area (Å²) in [4.78, 5) is 6.87. The monoisotopic (exact) mass is 249 g/mol. The number of aromatic nitrogens is 1. The zero-order valence-corrected chi connectivity index (χ0v) is 12.0. The lowest BCUT2D eigenvalue weighted by atomic mass is 10.1. The molecule has 0 fully saturated rings. The first-order valence-electron chi connectivity index (χ1n) is 7.00. The summed E-state index contributed by atoms with van der Waals surface area (Å²) in [5, 5.41) is 0. The van der Waals surface area contributed by atoms with Crippen LogP contribution in [0.25, 0.3) is 0 Å². The number of hydrogen-bond acceptors (Lipinski definition) is 3. The van der Waals surface area contributed by atoms with E-state index in [-0.39, 0.29) is 0 Å². The summed E-state index contributed by atoms with van der Waals surface area (Å²) in [5.74, 6) is 0. The summed E-state index contributed by atoms with van der Waals surface area (Å²) in [7, 11) is 2.15. The molecule has 1 atom stereocenters. The van der Waals surface area contributed by atoms with Gasteiger partial charge in [0.2, 0.25) is 0 Å². The van der Waals surface area contributed by atoms with Crippen LogP contribution < -0.4 is 5.73 Å². The molecule has 3 heteroatoms. The highest BCUT2D eigenvalue weighted by Gasteiger charge is 2.13. The van der Waals surface area contributed by atoms with Gasteiger partial charge in [0, 0.05) is 24.8 Å². The van der Waals surface area contributed by atoms with Crippen molar-refractivity contribution in [3.05, 3.63) is 29.6 Å². The molecule has 0 aliphatic carbocycles. The Hall–Kier alpha value is -0.930. The number of nitrogens with two attached hydrogens (primary N) is 1. The minimum absolute atomic E-state index is 0.471. The van der Waals surface area contributed by atoms with Crippen molar-refractivity contribution in [2.75, 3.05) is 13.6 Å². The summed E-state index contributed by atoms with van der Waals surface area (Å²) >= 11 is 0. The van der Waals surface area contributed by atoms with Crippen LogP contribution >= 0.6 is 0 Å². The second-order valence-corrected chi connectivity index (χ2v) is 5.07. The second kappa shape index (κ2) is 8.22. The Balaban J connectivity index is 2.48. The van der Waals surface area contributed by atoms with Gasteiger partial charge in [0.05, 0.1) is 5.69 Å². The number of nitrogens with zero attached hydrogens (tertiary/aromatic N) is 2. The SMILES string of the molecule is CCCCCC(CN)N(C)Cc1cccc(C)n1. The molecule has 1 heterocycles. The number of hydrogen-bond donors (Lipinski definition) is 1. The maximum Gasteiger partial charge on any atom is 0.0547 e. The fraction of sp³-hybridized carbons (Fsp3) is 0.667. The standard InChI is InChI=1S/C15H27N3/c1-4-5-6-10-15(11-16)18(3)12-14-9-7-8-13(2)17-14/h7-9,15H,4-6,10-12,16H2,1-3H3. The Morgan fingerprint density at radius 3 is 2.72 bits per heavy atom. The fourth-order valence-electron chi connectivity index (χ4n) is 2.22. The molecule has 1 rings (SSSR count). The molecule has 1 unspecified atom stereocenters. The first-order valence-corrected chi connectivity index (χ1v) is 7.00. The van der Waals surface area contributed by atoms with Gasteiger partial charge in [-0.3, -0.25) is 9.88 Å². The maximum absolute atomic E-state index is 5.88. The van der Waals surface area contributed by atoms with E-state index in [0.717, 1.165) is 24.5 Å². The summed E-state index contributed by atoms with van der Waals surface area (Å²) in [5.41, 5.74) is 8.09. The third kappa shape index (κ3) is 5.15. The van der Waals surface area contributed by atoms with Crippen LogP contribution in [0, 0.1) is 6.92 Å². The molecule has 0 saturated heterocycles. The molecule has 0 aromatic carbocycles. The van der Waals surface area contributed by atoms with Crippen molar-refractivity contribution < 1.29 is 0 Å². The van der Waals surface area contributed by atoms with E-state index in [0.29, 0.717) is 6.04 Å². The van der Waals surface area contributed by atoms with Gasteiger partial charge < -0.3 is 5.73 Å². The number of aryl methyl sites for hydroxylation is 1. The van der Waals surface area contributed by atoms with Crippen LogP contribution in [-0.4, -0.2) is 29.5 Å². The first kappa shape index (κ1) is 15.1. The van der Waals surface area contributed by atoms with Crippen LogP contribution in [0.15, 0.2) is 18.2 Å². The highest BCUT2D eigenvalue weighted by molar-refractivity contribution is 5.09. The van der Waals surface area contributed by atoms with Crippen molar-refractivity contribution in [2.45, 2.75) is 52.1 Å². The van der Waals surface area contributed by atoms with E-state index in [2.05, 4.69) is 36.0 Å². The van der Waals surface area contributed by atoms with Gasteiger partial charge in [-0.15, -0.1) is 0 Å². The zero-order valence-electron chi connectivity index (χ0n) is 12.0. The Labute approximate surface area is 111 Å². The van der Waals surface area contributed by atoms with Crippen molar-refractivity contribution in [1.82, 2.24) is 9.88 Å². The van der Waals surface area contributed by atoms with Gasteiger partial charge in [-0.1, -0.05) is 32.3 Å². The minimum atomic E-state index is 0.471. The van der Waals surface area contributed by atoms with E-state index < -0.39 is 0 Å². The van der Waals surface area contributed by atoms with Crippen molar-refractivity contribution in [2.24, 2.45) is 5.73 Å². The third-order valence-electron chi connectivity index (χ3n) is 3.39. The number of rotatable bonds is 8. The van der Waals surface area contributed by atoms with Gasteiger partial charge in [-0.25, -0.2) is 0 Å². The highest BCUT2D eigenvalue weighted by atomic mass is 15.1. The van der Waals surface area contributed by atoms with Crippen LogP contribution in [0.5, 0.6) is 0 Å². The van der Waals surface area contributed by atoms with Crippen LogP contribution in [0.3, 0.4) is 0 Å². The van der Waals surface area contributed by atoms with Crippen molar-refractivity contribution in [1.29, 1.82) is 0 Å². The lowest BCUT2D eigenvalue weighted by Gasteiger charge is -2.26. The number of unbranched alkanes of at least 4 members (excludes halogenated alkanes) is 2. The molecular weight excluding hydrogens is 222 g/mol. The van der Waals surface area contributed by atoms with Gasteiger partial charge in [-0.2, -0.15) is 0 Å². The lowest BCUT2D eigenvalue weighted by molar-refractivity contribution is 0.220. The predicted octanol–water partition coefficient (Wildman–Crippen LogP) is 2.73. The van der Waals surface area contributed by atoms with Crippen LogP contribution in [0.4, 0.5) is 0 Å². The van der Waals surface area contributed by atoms with E-state index in [4.69, 9.17) is 5.73 Å². The summed E-state index contributed by atoms with van der Waals surface area (Å²) < 4.78 is 0. The average molecular weight is 249 g/mol. The van der Waals surface area contributed by atoms with Gasteiger partial charge in [0.1, 0.15) is 0 Å². The van der Waals surface area contributed by atoms with E-state index in [1.807, 2.05) is 13.0 Å². The van der Waals surface area contributed by atoms with Crippen molar-refractivity contribution in [3.8, 4) is 0 Å². The molecule has 0 bridgehead atoms. The fourth-order valence-corrected chi connectivity index (χ4v) is 2.22. The second-order valence-electron chi connectivity index (χ2n) is 5.07. The smallest absolute Gasteiger partial charge is 0.0547 e. The number of likely N-dealkylation sites (N-methyl/N-ethyl adjacent to an activating group) is 1. The molecule has 0 saturated carbocycles. The van der Waals surface area contributed by atoms with Gasteiger partial charge in [-0.05, 0) is 32.5 Å². The van der Waals surface area contributed by atoms with E-state index >= 15 is 0 Å². The Morgan fingerprint density at radius 2 is 2.11 bits per heavy atom. The lowest BCUT2D eigenvalue weighted by Crippen LogP contribution is -2.37. The van der Waals surface area contributed by atoms with Crippen LogP contribution in [0.2, 0.25) is 0 Å². The summed E-state index contributed by atoms with van der Waals surface area (Å²) in [6.45, 7) is 5.88. The minimum Gasteiger partial charge on any atom is -0.329 e. The van der Waals surface area contributed by atoms with E-state index in [1.54, 1.807) is 0 Å². The first-order chi connectivity index (χ1) is 8.67. The molecule has 0 aliphatic heterocycles. The molecule has 0 radical (unpaired) electrons. The van der Waals surface area contributed by atoms with Crippen molar-refractivity contribution >= 4 is 0 Å². The van der Waals surface area contributed by atoms with Crippen LogP contribution in [0.1, 0.15) is 44.0 Å². The Morgan fingerprint density at radius 1 is 1.33 bits per heavy atom. The molecule has 102 valence electrons. The molecule has 2 N–H and O–H groups in total. The summed E-state index contributed by atoms with van der Waals surface area (Å²) in [6, 6.07) is 6.66. The van der Waals surface area contributed by atoms with Crippen molar-refractivity contribution in [3.63, 3.8) is 0 Å². The molecule has 1 aromatic rings. The van der Waals surface area contributed by atoms with Gasteiger partial charge >= 0.3 is 0 Å². The molecular formula is C15H27N3. The topological polar surface area (TPSA) is 42.1 Å². The molecule has 0 amide bonds. The quantitative estimate of drug-likeness (QED) is 0.720. The predicted molar refractivity (Wildman–Crippen MR) is 77.4 cm³/mol. The molecule has 0 spiro atoms. The van der Waals surface area contributed by atoms with Gasteiger partial charge in [0.15, 0.2) is 0 Å². The third-order valence-corrected chi connectivity index (χ3v) is 3.39. The summed E-state index contributed by atoms with van der Waals surface area (Å²) in [6.07, 6.45) is 5.02. The van der Waals surface area contributed by atoms with E-state index in [1.165, 1.54) is 25.7 Å². The molecule has 3 nitrogen and oxygen atoms in total. The number of pyridine rings is 1. The Kier molecular flexibility index (Phi) is 6.91. The largest absolute Gasteiger partial charge is 0.329 e.